The molecule has 1 amide bonds. The quantitative estimate of drug-likeness (QED) is 0.755. The predicted octanol–water partition coefficient (Wildman–Crippen LogP) is 2.37. The molecular formula is C14H22N2O2. The van der Waals surface area contributed by atoms with Crippen molar-refractivity contribution in [1.29, 1.82) is 0 Å². The zero-order valence-electron chi connectivity index (χ0n) is 11.4. The first-order valence-electron chi connectivity index (χ1n) is 6.30. The van der Waals surface area contributed by atoms with Crippen LogP contribution in [0, 0.1) is 0 Å². The standard InChI is InChI=1S/C14H22N2O2/c1-4-18-13-8-5-7-12(11-13)15-10-6-9-14(17)16(2)3/h5,7-8,11,15H,4,6,9-10H2,1-3H3. The Morgan fingerprint density at radius 3 is 2.83 bits per heavy atom. The minimum Gasteiger partial charge on any atom is -0.494 e. The lowest BCUT2D eigenvalue weighted by Crippen LogP contribution is -2.22. The van der Waals surface area contributed by atoms with Crippen LogP contribution >= 0.6 is 0 Å². The fraction of sp³-hybridized carbons (Fsp3) is 0.500. The monoisotopic (exact) mass is 250 g/mol. The Hall–Kier alpha value is -1.71. The molecule has 0 aromatic heterocycles. The summed E-state index contributed by atoms with van der Waals surface area (Å²) < 4.78 is 5.42. The van der Waals surface area contributed by atoms with Crippen LogP contribution < -0.4 is 10.1 Å². The normalized spacial score (nSPS) is 9.94. The molecule has 0 atom stereocenters. The van der Waals surface area contributed by atoms with Gasteiger partial charge in [0.25, 0.3) is 0 Å². The van der Waals surface area contributed by atoms with Gasteiger partial charge in [0.1, 0.15) is 5.75 Å². The summed E-state index contributed by atoms with van der Waals surface area (Å²) in [5.74, 6) is 1.03. The van der Waals surface area contributed by atoms with Gasteiger partial charge in [-0.15, -0.1) is 0 Å². The minimum absolute atomic E-state index is 0.167. The van der Waals surface area contributed by atoms with Gasteiger partial charge in [-0.2, -0.15) is 0 Å². The van der Waals surface area contributed by atoms with E-state index in [2.05, 4.69) is 5.32 Å². The smallest absolute Gasteiger partial charge is 0.222 e. The first kappa shape index (κ1) is 14.4. The summed E-state index contributed by atoms with van der Waals surface area (Å²) in [5, 5.41) is 3.29. The lowest BCUT2D eigenvalue weighted by molar-refractivity contribution is -0.128. The zero-order valence-corrected chi connectivity index (χ0v) is 11.4. The molecule has 0 radical (unpaired) electrons. The van der Waals surface area contributed by atoms with Crippen molar-refractivity contribution in [2.24, 2.45) is 0 Å². The van der Waals surface area contributed by atoms with Crippen molar-refractivity contribution in [2.75, 3.05) is 32.6 Å². The number of rotatable bonds is 7. The summed E-state index contributed by atoms with van der Waals surface area (Å²) in [6.07, 6.45) is 1.40. The highest BCUT2D eigenvalue weighted by atomic mass is 16.5. The van der Waals surface area contributed by atoms with Crippen molar-refractivity contribution in [3.05, 3.63) is 24.3 Å². The van der Waals surface area contributed by atoms with Crippen LogP contribution in [0.4, 0.5) is 5.69 Å². The van der Waals surface area contributed by atoms with Crippen LogP contribution in [0.3, 0.4) is 0 Å². The summed E-state index contributed by atoms with van der Waals surface area (Å²) in [4.78, 5) is 13.0. The van der Waals surface area contributed by atoms with Crippen molar-refractivity contribution in [3.63, 3.8) is 0 Å². The number of carbonyl (C=O) groups excluding carboxylic acids is 1. The number of anilines is 1. The van der Waals surface area contributed by atoms with Crippen LogP contribution in [0.1, 0.15) is 19.8 Å². The molecule has 18 heavy (non-hydrogen) atoms. The molecule has 1 rings (SSSR count). The van der Waals surface area contributed by atoms with Gasteiger partial charge >= 0.3 is 0 Å². The Morgan fingerprint density at radius 2 is 2.17 bits per heavy atom. The first-order chi connectivity index (χ1) is 8.63. The van der Waals surface area contributed by atoms with Crippen molar-refractivity contribution < 1.29 is 9.53 Å². The minimum atomic E-state index is 0.167. The molecule has 0 fully saturated rings. The van der Waals surface area contributed by atoms with E-state index in [0.717, 1.165) is 24.4 Å². The van der Waals surface area contributed by atoms with E-state index in [1.807, 2.05) is 31.2 Å². The topological polar surface area (TPSA) is 41.6 Å². The SMILES string of the molecule is CCOc1cccc(NCCCC(=O)N(C)C)c1. The van der Waals surface area contributed by atoms with Crippen molar-refractivity contribution in [3.8, 4) is 5.75 Å². The molecular weight excluding hydrogens is 228 g/mol. The molecule has 0 aliphatic carbocycles. The van der Waals surface area contributed by atoms with Gasteiger partial charge in [-0.05, 0) is 25.5 Å². The van der Waals surface area contributed by atoms with E-state index in [1.165, 1.54) is 0 Å². The van der Waals surface area contributed by atoms with Gasteiger partial charge in [0.05, 0.1) is 6.61 Å². The van der Waals surface area contributed by atoms with Crippen molar-refractivity contribution in [1.82, 2.24) is 4.90 Å². The van der Waals surface area contributed by atoms with E-state index in [9.17, 15) is 4.79 Å². The predicted molar refractivity (Wildman–Crippen MR) is 74.0 cm³/mol. The second kappa shape index (κ2) is 7.58. The van der Waals surface area contributed by atoms with Gasteiger partial charge in [-0.1, -0.05) is 6.07 Å². The number of nitrogens with one attached hydrogen (secondary N) is 1. The molecule has 4 nitrogen and oxygen atoms in total. The van der Waals surface area contributed by atoms with Crippen LogP contribution in [-0.4, -0.2) is 38.1 Å². The summed E-state index contributed by atoms with van der Waals surface area (Å²) in [5.41, 5.74) is 1.03. The maximum absolute atomic E-state index is 11.4. The summed E-state index contributed by atoms with van der Waals surface area (Å²) in [6.45, 7) is 3.42. The Bertz CT molecular complexity index is 378. The van der Waals surface area contributed by atoms with Gasteiger partial charge in [0, 0.05) is 38.8 Å². The molecule has 4 heteroatoms. The average molecular weight is 250 g/mol. The van der Waals surface area contributed by atoms with Gasteiger partial charge in [-0.25, -0.2) is 0 Å². The fourth-order valence-electron chi connectivity index (χ4n) is 1.56. The number of ether oxygens (including phenoxy) is 1. The van der Waals surface area contributed by atoms with Crippen LogP contribution in [0.15, 0.2) is 24.3 Å². The number of amides is 1. The third-order valence-corrected chi connectivity index (χ3v) is 2.54. The maximum Gasteiger partial charge on any atom is 0.222 e. The Morgan fingerprint density at radius 1 is 1.39 bits per heavy atom. The molecule has 0 bridgehead atoms. The van der Waals surface area contributed by atoms with E-state index < -0.39 is 0 Å². The zero-order chi connectivity index (χ0) is 13.4. The number of hydrogen-bond donors (Lipinski definition) is 1. The summed E-state index contributed by atoms with van der Waals surface area (Å²) >= 11 is 0. The molecule has 0 saturated carbocycles. The molecule has 1 N–H and O–H groups in total. The summed E-state index contributed by atoms with van der Waals surface area (Å²) in [7, 11) is 3.56. The average Bonchev–Trinajstić information content (AvgIpc) is 2.35. The Balaban J connectivity index is 2.30. The van der Waals surface area contributed by atoms with Gasteiger partial charge in [-0.3, -0.25) is 4.79 Å². The molecule has 0 aliphatic rings. The highest BCUT2D eigenvalue weighted by Gasteiger charge is 2.02. The molecule has 0 unspecified atom stereocenters. The molecule has 100 valence electrons. The number of benzene rings is 1. The van der Waals surface area contributed by atoms with Crippen LogP contribution in [0.25, 0.3) is 0 Å². The van der Waals surface area contributed by atoms with E-state index in [1.54, 1.807) is 19.0 Å². The van der Waals surface area contributed by atoms with Crippen molar-refractivity contribution >= 4 is 11.6 Å². The third kappa shape index (κ3) is 5.08. The van der Waals surface area contributed by atoms with E-state index >= 15 is 0 Å². The molecule has 0 aliphatic heterocycles. The van der Waals surface area contributed by atoms with Crippen molar-refractivity contribution in [2.45, 2.75) is 19.8 Å². The lowest BCUT2D eigenvalue weighted by atomic mass is 10.2. The van der Waals surface area contributed by atoms with Crippen LogP contribution in [0.2, 0.25) is 0 Å². The maximum atomic E-state index is 11.4. The Kier molecular flexibility index (Phi) is 6.05. The van der Waals surface area contributed by atoms with E-state index in [-0.39, 0.29) is 5.91 Å². The van der Waals surface area contributed by atoms with Crippen LogP contribution in [-0.2, 0) is 4.79 Å². The van der Waals surface area contributed by atoms with Crippen LogP contribution in [0.5, 0.6) is 5.75 Å². The highest BCUT2D eigenvalue weighted by molar-refractivity contribution is 5.75. The summed E-state index contributed by atoms with van der Waals surface area (Å²) in [6, 6.07) is 7.86. The second-order valence-corrected chi connectivity index (χ2v) is 4.28. The number of hydrogen-bond acceptors (Lipinski definition) is 3. The van der Waals surface area contributed by atoms with Gasteiger partial charge in [0.15, 0.2) is 0 Å². The molecule has 1 aromatic carbocycles. The largest absolute Gasteiger partial charge is 0.494 e. The van der Waals surface area contributed by atoms with E-state index in [4.69, 9.17) is 4.74 Å². The second-order valence-electron chi connectivity index (χ2n) is 4.28. The Labute approximate surface area is 109 Å². The molecule has 0 saturated heterocycles. The molecule has 1 aromatic rings. The van der Waals surface area contributed by atoms with Gasteiger partial charge < -0.3 is 15.0 Å². The number of nitrogens with zero attached hydrogens (tertiary/aromatic N) is 1. The lowest BCUT2D eigenvalue weighted by Gasteiger charge is -2.11. The first-order valence-corrected chi connectivity index (χ1v) is 6.30. The number of carbonyl (C=O) groups is 1. The van der Waals surface area contributed by atoms with E-state index in [0.29, 0.717) is 13.0 Å². The van der Waals surface area contributed by atoms with Gasteiger partial charge in [0.2, 0.25) is 5.91 Å². The molecule has 0 spiro atoms. The molecule has 0 heterocycles. The fourth-order valence-corrected chi connectivity index (χ4v) is 1.56. The third-order valence-electron chi connectivity index (χ3n) is 2.54. The highest BCUT2D eigenvalue weighted by Crippen LogP contribution is 2.17.